The molecule has 2 aliphatic heterocycles. The van der Waals surface area contributed by atoms with Gasteiger partial charge in [-0.25, -0.2) is 8.42 Å². The molecule has 3 rings (SSSR count). The van der Waals surface area contributed by atoms with Gasteiger partial charge in [-0.3, -0.25) is 4.79 Å². The molecule has 1 aromatic rings. The second-order valence-corrected chi connectivity index (χ2v) is 7.52. The van der Waals surface area contributed by atoms with Gasteiger partial charge in [0.05, 0.1) is 4.90 Å². The first kappa shape index (κ1) is 14.3. The van der Waals surface area contributed by atoms with E-state index in [1.165, 1.54) is 4.31 Å². The summed E-state index contributed by atoms with van der Waals surface area (Å²) < 4.78 is 27.1. The molecule has 0 bridgehead atoms. The lowest BCUT2D eigenvalue weighted by Crippen LogP contribution is -2.53. The van der Waals surface area contributed by atoms with Gasteiger partial charge in [0.1, 0.15) is 0 Å². The van der Waals surface area contributed by atoms with E-state index in [0.29, 0.717) is 37.3 Å². The second kappa shape index (κ2) is 4.99. The first-order valence-corrected chi connectivity index (χ1v) is 8.50. The Hall–Kier alpha value is -1.60. The van der Waals surface area contributed by atoms with Gasteiger partial charge in [-0.05, 0) is 31.0 Å². The van der Waals surface area contributed by atoms with Gasteiger partial charge in [-0.2, -0.15) is 4.31 Å². The molecule has 6 nitrogen and oxygen atoms in total. The summed E-state index contributed by atoms with van der Waals surface area (Å²) in [6, 6.07) is 4.96. The van der Waals surface area contributed by atoms with Crippen molar-refractivity contribution in [1.29, 1.82) is 0 Å². The molecule has 1 atom stereocenters. The highest BCUT2D eigenvalue weighted by molar-refractivity contribution is 7.89. The van der Waals surface area contributed by atoms with E-state index in [1.54, 1.807) is 30.0 Å². The monoisotopic (exact) mass is 309 g/mol. The van der Waals surface area contributed by atoms with Crippen LogP contribution in [0.2, 0.25) is 0 Å². The molecular weight excluding hydrogens is 290 g/mol. The van der Waals surface area contributed by atoms with Gasteiger partial charge in [0.15, 0.2) is 0 Å². The number of rotatable bonds is 2. The van der Waals surface area contributed by atoms with Crippen LogP contribution < -0.4 is 5.73 Å². The molecule has 2 saturated heterocycles. The number of piperazine rings is 1. The summed E-state index contributed by atoms with van der Waals surface area (Å²) in [7, 11) is -3.56. The Bertz CT molecular complexity index is 687. The molecule has 0 saturated carbocycles. The van der Waals surface area contributed by atoms with Gasteiger partial charge in [0, 0.05) is 37.8 Å². The Labute approximate surface area is 124 Å². The van der Waals surface area contributed by atoms with E-state index in [9.17, 15) is 13.2 Å². The number of amides is 1. The van der Waals surface area contributed by atoms with E-state index in [4.69, 9.17) is 5.73 Å². The van der Waals surface area contributed by atoms with Crippen molar-refractivity contribution in [2.24, 2.45) is 0 Å². The van der Waals surface area contributed by atoms with E-state index in [2.05, 4.69) is 0 Å². The fourth-order valence-electron chi connectivity index (χ4n) is 3.10. The fraction of sp³-hybridized carbons (Fsp3) is 0.500. The van der Waals surface area contributed by atoms with E-state index in [1.807, 2.05) is 0 Å². The Balaban J connectivity index is 1.89. The smallest absolute Gasteiger partial charge is 0.243 e. The van der Waals surface area contributed by atoms with Crippen LogP contribution >= 0.6 is 0 Å². The third kappa shape index (κ3) is 2.30. The number of nitrogens with two attached hydrogens (primary N) is 1. The van der Waals surface area contributed by atoms with E-state index in [-0.39, 0.29) is 16.8 Å². The summed E-state index contributed by atoms with van der Waals surface area (Å²) in [6.07, 6.45) is 1.26. The lowest BCUT2D eigenvalue weighted by molar-refractivity contribution is -0.130. The molecule has 1 aromatic carbocycles. The molecule has 0 aromatic heterocycles. The molecule has 0 radical (unpaired) electrons. The SMILES string of the molecule is Cc1c(N)cccc1S(=O)(=O)N1CCN2C(=O)CCC2C1. The molecule has 1 amide bonds. The molecule has 2 fully saturated rings. The fourth-order valence-corrected chi connectivity index (χ4v) is 4.83. The summed E-state index contributed by atoms with van der Waals surface area (Å²) in [5.74, 6) is 0.136. The molecule has 0 spiro atoms. The largest absolute Gasteiger partial charge is 0.398 e. The summed E-state index contributed by atoms with van der Waals surface area (Å²) in [4.78, 5) is 13.7. The molecule has 2 heterocycles. The van der Waals surface area contributed by atoms with E-state index in [0.717, 1.165) is 6.42 Å². The lowest BCUT2D eigenvalue weighted by Gasteiger charge is -2.36. The predicted molar refractivity (Wildman–Crippen MR) is 79.1 cm³/mol. The first-order valence-electron chi connectivity index (χ1n) is 7.06. The zero-order valence-electron chi connectivity index (χ0n) is 11.9. The maximum absolute atomic E-state index is 12.8. The minimum Gasteiger partial charge on any atom is -0.398 e. The van der Waals surface area contributed by atoms with Crippen LogP contribution in [0.25, 0.3) is 0 Å². The molecule has 2 N–H and O–H groups in total. The molecule has 114 valence electrons. The highest BCUT2D eigenvalue weighted by atomic mass is 32.2. The van der Waals surface area contributed by atoms with Crippen molar-refractivity contribution in [3.05, 3.63) is 23.8 Å². The first-order chi connectivity index (χ1) is 9.91. The average molecular weight is 309 g/mol. The number of anilines is 1. The van der Waals surface area contributed by atoms with Crippen molar-refractivity contribution in [1.82, 2.24) is 9.21 Å². The molecule has 7 heteroatoms. The molecule has 0 aliphatic carbocycles. The van der Waals surface area contributed by atoms with Gasteiger partial charge >= 0.3 is 0 Å². The number of hydrogen-bond acceptors (Lipinski definition) is 4. The summed E-state index contributed by atoms with van der Waals surface area (Å²) in [6.45, 7) is 2.92. The third-order valence-electron chi connectivity index (χ3n) is 4.40. The van der Waals surface area contributed by atoms with Crippen LogP contribution in [0.4, 0.5) is 5.69 Å². The Kier molecular flexibility index (Phi) is 3.41. The minimum atomic E-state index is -3.56. The zero-order chi connectivity index (χ0) is 15.2. The van der Waals surface area contributed by atoms with E-state index < -0.39 is 10.0 Å². The number of hydrogen-bond donors (Lipinski definition) is 1. The van der Waals surface area contributed by atoms with Gasteiger partial charge in [-0.15, -0.1) is 0 Å². The highest BCUT2D eigenvalue weighted by Crippen LogP contribution is 2.29. The number of nitrogen functional groups attached to an aromatic ring is 1. The maximum atomic E-state index is 12.8. The van der Waals surface area contributed by atoms with Crippen molar-refractivity contribution in [2.75, 3.05) is 25.4 Å². The van der Waals surface area contributed by atoms with Crippen molar-refractivity contribution in [3.8, 4) is 0 Å². The zero-order valence-corrected chi connectivity index (χ0v) is 12.8. The van der Waals surface area contributed by atoms with Gasteiger partial charge in [0.2, 0.25) is 15.9 Å². The van der Waals surface area contributed by atoms with Gasteiger partial charge in [-0.1, -0.05) is 6.07 Å². The van der Waals surface area contributed by atoms with Crippen molar-refractivity contribution in [2.45, 2.75) is 30.7 Å². The highest BCUT2D eigenvalue weighted by Gasteiger charge is 2.39. The number of fused-ring (bicyclic) bond motifs is 1. The number of carbonyl (C=O) groups excluding carboxylic acids is 1. The quantitative estimate of drug-likeness (QED) is 0.810. The maximum Gasteiger partial charge on any atom is 0.243 e. The number of benzene rings is 1. The van der Waals surface area contributed by atoms with Crippen LogP contribution in [0.3, 0.4) is 0 Å². The van der Waals surface area contributed by atoms with Crippen LogP contribution in [-0.4, -0.2) is 49.2 Å². The minimum absolute atomic E-state index is 0.0161. The van der Waals surface area contributed by atoms with Crippen molar-refractivity contribution < 1.29 is 13.2 Å². The number of sulfonamides is 1. The molecule has 1 unspecified atom stereocenters. The molecule has 2 aliphatic rings. The van der Waals surface area contributed by atoms with Crippen LogP contribution in [0.1, 0.15) is 18.4 Å². The number of carbonyl (C=O) groups is 1. The van der Waals surface area contributed by atoms with Gasteiger partial charge < -0.3 is 10.6 Å². The predicted octanol–water partition coefficient (Wildman–Crippen LogP) is 0.573. The molecular formula is C14H19N3O3S. The van der Waals surface area contributed by atoms with Crippen LogP contribution in [0.5, 0.6) is 0 Å². The third-order valence-corrected chi connectivity index (χ3v) is 6.41. The Morgan fingerprint density at radius 1 is 1.29 bits per heavy atom. The van der Waals surface area contributed by atoms with Crippen LogP contribution in [-0.2, 0) is 14.8 Å². The van der Waals surface area contributed by atoms with Crippen molar-refractivity contribution >= 4 is 21.6 Å². The second-order valence-electron chi connectivity index (χ2n) is 5.61. The summed E-state index contributed by atoms with van der Waals surface area (Å²) in [5, 5.41) is 0. The lowest BCUT2D eigenvalue weighted by atomic mass is 10.2. The van der Waals surface area contributed by atoms with E-state index >= 15 is 0 Å². The van der Waals surface area contributed by atoms with Crippen molar-refractivity contribution in [3.63, 3.8) is 0 Å². The topological polar surface area (TPSA) is 83.7 Å². The van der Waals surface area contributed by atoms with Gasteiger partial charge in [0.25, 0.3) is 0 Å². The average Bonchev–Trinajstić information content (AvgIpc) is 2.83. The standard InChI is InChI=1S/C14H19N3O3S/c1-10-12(15)3-2-4-13(10)21(19,20)16-7-8-17-11(9-16)5-6-14(17)18/h2-4,11H,5-9,15H2,1H3. The normalized spacial score (nSPS) is 23.4. The molecule has 21 heavy (non-hydrogen) atoms. The Morgan fingerprint density at radius 3 is 2.81 bits per heavy atom. The summed E-state index contributed by atoms with van der Waals surface area (Å²) in [5.41, 5.74) is 6.88. The summed E-state index contributed by atoms with van der Waals surface area (Å²) >= 11 is 0. The van der Waals surface area contributed by atoms with Crippen LogP contribution in [0.15, 0.2) is 23.1 Å². The van der Waals surface area contributed by atoms with Crippen LogP contribution in [0, 0.1) is 6.92 Å². The Morgan fingerprint density at radius 2 is 2.05 bits per heavy atom. The number of nitrogens with zero attached hydrogens (tertiary/aromatic N) is 2.